The van der Waals surface area contributed by atoms with E-state index in [-0.39, 0.29) is 5.60 Å². The van der Waals surface area contributed by atoms with Crippen LogP contribution in [-0.2, 0) is 4.74 Å². The molecule has 3 heteroatoms. The average Bonchev–Trinajstić information content (AvgIpc) is 1.86. The molecule has 0 spiro atoms. The van der Waals surface area contributed by atoms with Crippen molar-refractivity contribution in [3.05, 3.63) is 12.7 Å². The molecular formula is C8H15NO2. The zero-order valence-corrected chi connectivity index (χ0v) is 6.84. The van der Waals surface area contributed by atoms with E-state index < -0.39 is 6.41 Å². The van der Waals surface area contributed by atoms with Gasteiger partial charge in [0, 0.05) is 6.54 Å². The molecule has 0 aromatic rings. The zero-order valence-electron chi connectivity index (χ0n) is 6.84. The number of hydrogen-bond donors (Lipinski definition) is 2. The molecule has 0 amide bonds. The second-order valence-electron chi connectivity index (χ2n) is 3.12. The van der Waals surface area contributed by atoms with Crippen molar-refractivity contribution in [3.63, 3.8) is 0 Å². The highest BCUT2D eigenvalue weighted by Gasteiger charge is 2.30. The normalized spacial score (nSPS) is 38.5. The van der Waals surface area contributed by atoms with Gasteiger partial charge in [-0.15, -0.1) is 6.58 Å². The molecular weight excluding hydrogens is 142 g/mol. The van der Waals surface area contributed by atoms with Gasteiger partial charge in [0.2, 0.25) is 6.41 Å². The van der Waals surface area contributed by atoms with Crippen LogP contribution in [0.25, 0.3) is 0 Å². The molecule has 0 aromatic carbocycles. The van der Waals surface area contributed by atoms with Crippen LogP contribution in [0.1, 0.15) is 19.8 Å². The zero-order chi connectivity index (χ0) is 8.32. The van der Waals surface area contributed by atoms with E-state index in [0.29, 0.717) is 0 Å². The van der Waals surface area contributed by atoms with Gasteiger partial charge in [0.05, 0.1) is 5.60 Å². The minimum Gasteiger partial charge on any atom is -0.356 e. The fourth-order valence-electron chi connectivity index (χ4n) is 1.29. The van der Waals surface area contributed by atoms with Crippen molar-refractivity contribution >= 4 is 0 Å². The number of nitrogens with one attached hydrogen (secondary N) is 1. The summed E-state index contributed by atoms with van der Waals surface area (Å²) < 4.78 is 5.29. The van der Waals surface area contributed by atoms with Crippen LogP contribution in [-0.4, -0.2) is 23.7 Å². The van der Waals surface area contributed by atoms with E-state index in [0.717, 1.165) is 19.4 Å². The molecule has 0 aliphatic carbocycles. The Labute approximate surface area is 67.1 Å². The second kappa shape index (κ2) is 3.34. The van der Waals surface area contributed by atoms with Gasteiger partial charge in [0.25, 0.3) is 0 Å². The van der Waals surface area contributed by atoms with Gasteiger partial charge in [-0.3, -0.25) is 5.32 Å². The van der Waals surface area contributed by atoms with Crippen LogP contribution in [0, 0.1) is 0 Å². The first kappa shape index (κ1) is 8.71. The van der Waals surface area contributed by atoms with Crippen LogP contribution in [0.2, 0.25) is 0 Å². The lowest BCUT2D eigenvalue weighted by Crippen LogP contribution is -2.48. The molecule has 0 radical (unpaired) electrons. The monoisotopic (exact) mass is 157 g/mol. The Morgan fingerprint density at radius 3 is 3.18 bits per heavy atom. The van der Waals surface area contributed by atoms with Crippen LogP contribution in [0.5, 0.6) is 0 Å². The van der Waals surface area contributed by atoms with Gasteiger partial charge in [-0.05, 0) is 19.8 Å². The molecule has 1 heterocycles. The predicted molar refractivity (Wildman–Crippen MR) is 42.9 cm³/mol. The van der Waals surface area contributed by atoms with E-state index in [1.54, 1.807) is 0 Å². The van der Waals surface area contributed by atoms with Gasteiger partial charge < -0.3 is 9.84 Å². The summed E-state index contributed by atoms with van der Waals surface area (Å²) in [4.78, 5) is 0. The quantitative estimate of drug-likeness (QED) is 0.577. The number of rotatable bonds is 2. The molecule has 2 N–H and O–H groups in total. The van der Waals surface area contributed by atoms with Gasteiger partial charge in [-0.2, -0.15) is 0 Å². The fraction of sp³-hybridized carbons (Fsp3) is 0.750. The molecule has 1 aliphatic rings. The molecule has 1 fully saturated rings. The highest BCUT2D eigenvalue weighted by molar-refractivity contribution is 4.87. The fourth-order valence-corrected chi connectivity index (χ4v) is 1.29. The molecule has 0 bridgehead atoms. The molecule has 1 aliphatic heterocycles. The summed E-state index contributed by atoms with van der Waals surface area (Å²) in [6.07, 6.45) is 2.70. The van der Waals surface area contributed by atoms with Crippen LogP contribution in [0.3, 0.4) is 0 Å². The van der Waals surface area contributed by atoms with Crippen LogP contribution < -0.4 is 5.32 Å². The minimum atomic E-state index is -0.811. The van der Waals surface area contributed by atoms with Gasteiger partial charge >= 0.3 is 0 Å². The van der Waals surface area contributed by atoms with Crippen LogP contribution in [0.4, 0.5) is 0 Å². The van der Waals surface area contributed by atoms with Crippen molar-refractivity contribution in [2.75, 3.05) is 6.54 Å². The predicted octanol–water partition coefficient (Wildman–Crippen LogP) is 0.607. The topological polar surface area (TPSA) is 41.5 Å². The van der Waals surface area contributed by atoms with Crippen molar-refractivity contribution < 1.29 is 9.84 Å². The first-order chi connectivity index (χ1) is 5.16. The Morgan fingerprint density at radius 1 is 1.91 bits per heavy atom. The minimum absolute atomic E-state index is 0.230. The van der Waals surface area contributed by atoms with Crippen molar-refractivity contribution in [2.24, 2.45) is 0 Å². The molecule has 2 atom stereocenters. The maximum Gasteiger partial charge on any atom is 0.214 e. The third-order valence-electron chi connectivity index (χ3n) is 1.95. The highest BCUT2D eigenvalue weighted by Crippen LogP contribution is 2.23. The summed E-state index contributed by atoms with van der Waals surface area (Å²) in [6.45, 7) is 6.42. The van der Waals surface area contributed by atoms with Crippen LogP contribution >= 0.6 is 0 Å². The van der Waals surface area contributed by atoms with Gasteiger partial charge in [-0.1, -0.05) is 6.08 Å². The van der Waals surface area contributed by atoms with E-state index in [1.165, 1.54) is 0 Å². The molecule has 64 valence electrons. The third-order valence-corrected chi connectivity index (χ3v) is 1.95. The molecule has 0 saturated carbocycles. The second-order valence-corrected chi connectivity index (χ2v) is 3.12. The Bertz CT molecular complexity index is 149. The Morgan fingerprint density at radius 2 is 2.64 bits per heavy atom. The lowest BCUT2D eigenvalue weighted by atomic mass is 9.97. The summed E-state index contributed by atoms with van der Waals surface area (Å²) in [6, 6.07) is 0. The molecule has 11 heavy (non-hydrogen) atoms. The van der Waals surface area contributed by atoms with Gasteiger partial charge in [-0.25, -0.2) is 0 Å². The van der Waals surface area contributed by atoms with Gasteiger partial charge in [0.1, 0.15) is 0 Å². The molecule has 3 nitrogen and oxygen atoms in total. The highest BCUT2D eigenvalue weighted by atomic mass is 16.6. The van der Waals surface area contributed by atoms with E-state index >= 15 is 0 Å². The van der Waals surface area contributed by atoms with Crippen molar-refractivity contribution in [1.29, 1.82) is 0 Å². The maximum absolute atomic E-state index is 9.10. The lowest BCUT2D eigenvalue weighted by molar-refractivity contribution is -0.216. The van der Waals surface area contributed by atoms with Crippen molar-refractivity contribution in [3.8, 4) is 0 Å². The number of aliphatic hydroxyl groups is 1. The number of hydrogen-bond acceptors (Lipinski definition) is 3. The largest absolute Gasteiger partial charge is 0.356 e. The number of aliphatic hydroxyl groups excluding tert-OH is 1. The van der Waals surface area contributed by atoms with Crippen molar-refractivity contribution in [2.45, 2.75) is 31.8 Å². The molecule has 1 unspecified atom stereocenters. The third kappa shape index (κ3) is 2.29. The summed E-state index contributed by atoms with van der Waals surface area (Å²) >= 11 is 0. The Kier molecular flexibility index (Phi) is 2.65. The van der Waals surface area contributed by atoms with E-state index in [9.17, 15) is 0 Å². The molecule has 1 saturated heterocycles. The SMILES string of the molecule is C=CC[C@]1(C)CCNC(O)O1. The summed E-state index contributed by atoms with van der Waals surface area (Å²) in [7, 11) is 0. The summed E-state index contributed by atoms with van der Waals surface area (Å²) in [5, 5.41) is 11.9. The van der Waals surface area contributed by atoms with Crippen LogP contribution in [0.15, 0.2) is 12.7 Å². The standard InChI is InChI=1S/C8H15NO2/c1-3-4-8(2)5-6-9-7(10)11-8/h3,7,9-10H,1,4-6H2,2H3/t7?,8-/m1/s1. The first-order valence-electron chi connectivity index (χ1n) is 3.86. The Hall–Kier alpha value is -0.380. The smallest absolute Gasteiger partial charge is 0.214 e. The first-order valence-corrected chi connectivity index (χ1v) is 3.86. The lowest BCUT2D eigenvalue weighted by Gasteiger charge is -2.36. The molecule has 0 aromatic heterocycles. The summed E-state index contributed by atoms with van der Waals surface area (Å²) in [5.41, 5.74) is -0.230. The van der Waals surface area contributed by atoms with Crippen molar-refractivity contribution in [1.82, 2.24) is 5.32 Å². The van der Waals surface area contributed by atoms with E-state index in [2.05, 4.69) is 11.9 Å². The summed E-state index contributed by atoms with van der Waals surface area (Å²) in [5.74, 6) is 0. The molecule has 1 rings (SSSR count). The Balaban J connectivity index is 2.47. The average molecular weight is 157 g/mol. The maximum atomic E-state index is 9.10. The number of ether oxygens (including phenoxy) is 1. The van der Waals surface area contributed by atoms with E-state index in [1.807, 2.05) is 13.0 Å². The van der Waals surface area contributed by atoms with E-state index in [4.69, 9.17) is 9.84 Å². The van der Waals surface area contributed by atoms with Gasteiger partial charge in [0.15, 0.2) is 0 Å².